The van der Waals surface area contributed by atoms with E-state index in [1.54, 1.807) is 11.3 Å². The van der Waals surface area contributed by atoms with Gasteiger partial charge in [-0.3, -0.25) is 10.1 Å². The highest BCUT2D eigenvalue weighted by atomic mass is 35.5. The number of rotatable bonds is 5. The van der Waals surface area contributed by atoms with E-state index in [1.165, 1.54) is 11.3 Å². The first-order valence-electron chi connectivity index (χ1n) is 9.31. The minimum atomic E-state index is -0.161. The highest BCUT2D eigenvalue weighted by Gasteiger charge is 2.18. The fourth-order valence-electron chi connectivity index (χ4n) is 3.35. The standard InChI is InChI=1S/C23H16ClN3OS2/c24-17-8-6-16(7-9-17)18-14-30-23(25-18)26-22(28)20-12-21-19(10-11-29-21)27(20)13-15-4-2-1-3-5-15/h1-12,14H,13H2,(H,25,26,28). The predicted octanol–water partition coefficient (Wildman–Crippen LogP) is 6.78. The van der Waals surface area contributed by atoms with Crippen molar-refractivity contribution in [2.75, 3.05) is 5.32 Å². The lowest BCUT2D eigenvalue weighted by molar-refractivity contribution is 0.101. The molecule has 0 radical (unpaired) electrons. The molecular weight excluding hydrogens is 434 g/mol. The molecule has 5 rings (SSSR count). The summed E-state index contributed by atoms with van der Waals surface area (Å²) >= 11 is 9.00. The van der Waals surface area contributed by atoms with Crippen LogP contribution in [0, 0.1) is 0 Å². The maximum absolute atomic E-state index is 13.1. The molecule has 0 fully saturated rings. The summed E-state index contributed by atoms with van der Waals surface area (Å²) in [5.74, 6) is -0.161. The Balaban J connectivity index is 1.42. The molecular formula is C23H16ClN3OS2. The van der Waals surface area contributed by atoms with E-state index in [0.29, 0.717) is 22.4 Å². The molecule has 1 N–H and O–H groups in total. The fourth-order valence-corrected chi connectivity index (χ4v) is 5.01. The molecule has 148 valence electrons. The highest BCUT2D eigenvalue weighted by molar-refractivity contribution is 7.17. The number of benzene rings is 2. The number of carbonyl (C=O) groups is 1. The molecule has 0 spiro atoms. The Bertz CT molecular complexity index is 1320. The largest absolute Gasteiger partial charge is 0.331 e. The van der Waals surface area contributed by atoms with Crippen molar-refractivity contribution in [3.63, 3.8) is 0 Å². The fraction of sp³-hybridized carbons (Fsp3) is 0.0435. The van der Waals surface area contributed by atoms with E-state index in [0.717, 1.165) is 27.0 Å². The Labute approximate surface area is 186 Å². The first-order chi connectivity index (χ1) is 14.7. The predicted molar refractivity (Wildman–Crippen MR) is 126 cm³/mol. The molecule has 3 aromatic heterocycles. The van der Waals surface area contributed by atoms with E-state index in [4.69, 9.17) is 11.6 Å². The van der Waals surface area contributed by atoms with Crippen LogP contribution in [0.4, 0.5) is 5.13 Å². The Hall–Kier alpha value is -2.93. The van der Waals surface area contributed by atoms with Crippen molar-refractivity contribution in [2.45, 2.75) is 6.54 Å². The maximum Gasteiger partial charge on any atom is 0.274 e. The zero-order valence-electron chi connectivity index (χ0n) is 15.7. The second kappa shape index (κ2) is 8.07. The molecule has 0 bridgehead atoms. The molecule has 1 amide bonds. The van der Waals surface area contributed by atoms with Gasteiger partial charge in [-0.2, -0.15) is 0 Å². The van der Waals surface area contributed by atoms with Crippen LogP contribution in [0.2, 0.25) is 5.02 Å². The first kappa shape index (κ1) is 19.1. The topological polar surface area (TPSA) is 46.9 Å². The Morgan fingerprint density at radius 2 is 1.83 bits per heavy atom. The minimum absolute atomic E-state index is 0.161. The summed E-state index contributed by atoms with van der Waals surface area (Å²) in [6.07, 6.45) is 0. The van der Waals surface area contributed by atoms with Crippen LogP contribution >= 0.6 is 34.3 Å². The summed E-state index contributed by atoms with van der Waals surface area (Å²) in [6.45, 7) is 0.637. The van der Waals surface area contributed by atoms with Crippen LogP contribution < -0.4 is 5.32 Å². The van der Waals surface area contributed by atoms with Crippen molar-refractivity contribution in [3.05, 3.63) is 93.8 Å². The van der Waals surface area contributed by atoms with Gasteiger partial charge in [0.2, 0.25) is 0 Å². The average Bonchev–Trinajstić information content (AvgIpc) is 3.47. The zero-order chi connectivity index (χ0) is 20.5. The van der Waals surface area contributed by atoms with Crippen molar-refractivity contribution < 1.29 is 4.79 Å². The molecule has 0 aliphatic carbocycles. The van der Waals surface area contributed by atoms with Gasteiger partial charge in [0.1, 0.15) is 5.69 Å². The van der Waals surface area contributed by atoms with Crippen molar-refractivity contribution in [2.24, 2.45) is 0 Å². The molecule has 3 heterocycles. The van der Waals surface area contributed by atoms with Gasteiger partial charge in [-0.1, -0.05) is 54.1 Å². The average molecular weight is 450 g/mol. The summed E-state index contributed by atoms with van der Waals surface area (Å²) in [7, 11) is 0. The molecule has 0 atom stereocenters. The Kier molecular flexibility index (Phi) is 5.12. The molecule has 4 nitrogen and oxygen atoms in total. The van der Waals surface area contributed by atoms with Crippen LogP contribution in [0.3, 0.4) is 0 Å². The van der Waals surface area contributed by atoms with Crippen LogP contribution in [-0.2, 0) is 6.54 Å². The van der Waals surface area contributed by atoms with Gasteiger partial charge in [-0.25, -0.2) is 4.98 Å². The molecule has 0 saturated heterocycles. The molecule has 7 heteroatoms. The minimum Gasteiger partial charge on any atom is -0.331 e. The Morgan fingerprint density at radius 1 is 1.03 bits per heavy atom. The van der Waals surface area contributed by atoms with E-state index in [9.17, 15) is 4.79 Å². The molecule has 30 heavy (non-hydrogen) atoms. The summed E-state index contributed by atoms with van der Waals surface area (Å²) in [5.41, 5.74) is 4.62. The van der Waals surface area contributed by atoms with Crippen LogP contribution in [0.15, 0.2) is 77.5 Å². The number of hydrogen-bond acceptors (Lipinski definition) is 4. The molecule has 5 aromatic rings. The van der Waals surface area contributed by atoms with E-state index in [1.807, 2.05) is 59.3 Å². The van der Waals surface area contributed by atoms with Gasteiger partial charge in [0.05, 0.1) is 15.9 Å². The van der Waals surface area contributed by atoms with Gasteiger partial charge in [-0.15, -0.1) is 22.7 Å². The quantitative estimate of drug-likeness (QED) is 0.321. The van der Waals surface area contributed by atoms with E-state index < -0.39 is 0 Å². The molecule has 0 saturated carbocycles. The second-order valence-electron chi connectivity index (χ2n) is 6.77. The van der Waals surface area contributed by atoms with Crippen LogP contribution in [-0.4, -0.2) is 15.5 Å². The summed E-state index contributed by atoms with van der Waals surface area (Å²) in [4.78, 5) is 17.7. The number of halogens is 1. The van der Waals surface area contributed by atoms with Crippen LogP contribution in [0.5, 0.6) is 0 Å². The lowest BCUT2D eigenvalue weighted by atomic mass is 10.2. The van der Waals surface area contributed by atoms with E-state index in [2.05, 4.69) is 33.1 Å². The number of carbonyl (C=O) groups excluding carboxylic acids is 1. The van der Waals surface area contributed by atoms with Crippen LogP contribution in [0.1, 0.15) is 16.1 Å². The number of amides is 1. The number of anilines is 1. The van der Waals surface area contributed by atoms with Crippen molar-refractivity contribution in [1.29, 1.82) is 0 Å². The Morgan fingerprint density at radius 3 is 2.63 bits per heavy atom. The number of fused-ring (bicyclic) bond motifs is 1. The number of thiophene rings is 1. The first-order valence-corrected chi connectivity index (χ1v) is 11.4. The molecule has 2 aromatic carbocycles. The van der Waals surface area contributed by atoms with Crippen LogP contribution in [0.25, 0.3) is 21.5 Å². The summed E-state index contributed by atoms with van der Waals surface area (Å²) in [6, 6.07) is 21.7. The lowest BCUT2D eigenvalue weighted by Gasteiger charge is -2.10. The maximum atomic E-state index is 13.1. The third-order valence-corrected chi connectivity index (χ3v) is 6.67. The number of nitrogens with one attached hydrogen (secondary N) is 1. The van der Waals surface area contributed by atoms with Crippen molar-refractivity contribution >= 4 is 55.5 Å². The van der Waals surface area contributed by atoms with E-state index >= 15 is 0 Å². The second-order valence-corrected chi connectivity index (χ2v) is 9.01. The number of aromatic nitrogens is 2. The van der Waals surface area contributed by atoms with Gasteiger partial charge in [0.25, 0.3) is 5.91 Å². The summed E-state index contributed by atoms with van der Waals surface area (Å²) in [5, 5.41) is 8.19. The third-order valence-electron chi connectivity index (χ3n) is 4.80. The van der Waals surface area contributed by atoms with Crippen molar-refractivity contribution in [1.82, 2.24) is 9.55 Å². The molecule has 0 aliphatic rings. The van der Waals surface area contributed by atoms with Crippen molar-refractivity contribution in [3.8, 4) is 11.3 Å². The van der Waals surface area contributed by atoms with Gasteiger partial charge in [0, 0.05) is 22.5 Å². The zero-order valence-corrected chi connectivity index (χ0v) is 18.1. The smallest absolute Gasteiger partial charge is 0.274 e. The van der Waals surface area contributed by atoms with Gasteiger partial charge >= 0.3 is 0 Å². The number of hydrogen-bond donors (Lipinski definition) is 1. The monoisotopic (exact) mass is 449 g/mol. The lowest BCUT2D eigenvalue weighted by Crippen LogP contribution is -2.17. The van der Waals surface area contributed by atoms with Gasteiger partial charge in [0.15, 0.2) is 5.13 Å². The number of thiazole rings is 1. The van der Waals surface area contributed by atoms with Gasteiger partial charge < -0.3 is 4.57 Å². The third kappa shape index (κ3) is 3.77. The SMILES string of the molecule is O=C(Nc1nc(-c2ccc(Cl)cc2)cs1)c1cc2sccc2n1Cc1ccccc1. The summed E-state index contributed by atoms with van der Waals surface area (Å²) < 4.78 is 3.15. The normalized spacial score (nSPS) is 11.1. The molecule has 0 unspecified atom stereocenters. The molecule has 0 aliphatic heterocycles. The van der Waals surface area contributed by atoms with E-state index in [-0.39, 0.29) is 5.91 Å². The number of nitrogens with zero attached hydrogens (tertiary/aromatic N) is 2. The highest BCUT2D eigenvalue weighted by Crippen LogP contribution is 2.29. The van der Waals surface area contributed by atoms with Gasteiger partial charge in [-0.05, 0) is 35.2 Å².